The van der Waals surface area contributed by atoms with Gasteiger partial charge in [-0.1, -0.05) is 48.5 Å². The fourth-order valence-corrected chi connectivity index (χ4v) is 4.13. The maximum atomic E-state index is 9.25. The topological polar surface area (TPSA) is 47.6 Å². The summed E-state index contributed by atoms with van der Waals surface area (Å²) in [7, 11) is 0. The van der Waals surface area contributed by atoms with E-state index in [0.29, 0.717) is 0 Å². The Kier molecular flexibility index (Phi) is 4.91. The smallest absolute Gasteiger partial charge is 0.0652 e. The van der Waals surface area contributed by atoms with Crippen molar-refractivity contribution < 1.29 is 0 Å². The Hall–Kier alpha value is -2.58. The molecule has 0 saturated heterocycles. The van der Waals surface area contributed by atoms with Gasteiger partial charge < -0.3 is 0 Å². The lowest BCUT2D eigenvalue weighted by Crippen LogP contribution is -2.26. The highest BCUT2D eigenvalue weighted by atomic mass is 14.5. The van der Waals surface area contributed by atoms with Crippen molar-refractivity contribution in [1.82, 2.24) is 0 Å². The zero-order valence-electron chi connectivity index (χ0n) is 15.0. The minimum Gasteiger partial charge on any atom is -0.198 e. The molecule has 2 heteroatoms. The molecule has 0 aliphatic heterocycles. The molecular formula is C23H24N2. The van der Waals surface area contributed by atoms with Gasteiger partial charge in [0.15, 0.2) is 0 Å². The Morgan fingerprint density at radius 1 is 0.760 bits per heavy atom. The molecule has 1 aliphatic carbocycles. The van der Waals surface area contributed by atoms with E-state index < -0.39 is 0 Å². The third-order valence-corrected chi connectivity index (χ3v) is 5.62. The minimum atomic E-state index is -0.0800. The van der Waals surface area contributed by atoms with Crippen LogP contribution in [0.3, 0.4) is 0 Å². The average molecular weight is 328 g/mol. The van der Waals surface area contributed by atoms with Gasteiger partial charge in [0, 0.05) is 17.3 Å². The maximum Gasteiger partial charge on any atom is 0.0652 e. The highest BCUT2D eigenvalue weighted by molar-refractivity contribution is 5.80. The van der Waals surface area contributed by atoms with Gasteiger partial charge >= 0.3 is 0 Å². The Bertz CT molecular complexity index is 766. The molecule has 0 heterocycles. The number of nitrogens with zero attached hydrogens (tertiary/aromatic N) is 2. The summed E-state index contributed by atoms with van der Waals surface area (Å²) in [4.78, 5) is 0. The lowest BCUT2D eigenvalue weighted by molar-refractivity contribution is 0.384. The highest BCUT2D eigenvalue weighted by Crippen LogP contribution is 2.54. The molecule has 2 aromatic rings. The zero-order chi connectivity index (χ0) is 17.9. The molecule has 126 valence electrons. The molecule has 2 aromatic carbocycles. The summed E-state index contributed by atoms with van der Waals surface area (Å²) < 4.78 is 0. The standard InChI is InChI=1S/C23H24N2/c1-17(15-24)11-13-23(14-12-18(2)16-25)21-9-5-3-7-19(21)20-8-4-6-10-22(20)23/h3-10,17-18H,11-14H2,1-2H3. The van der Waals surface area contributed by atoms with Gasteiger partial charge in [0.25, 0.3) is 0 Å². The second-order valence-electron chi connectivity index (χ2n) is 7.31. The Morgan fingerprint density at radius 3 is 1.56 bits per heavy atom. The number of rotatable bonds is 6. The first kappa shape index (κ1) is 17.2. The van der Waals surface area contributed by atoms with Crippen LogP contribution in [-0.4, -0.2) is 0 Å². The van der Waals surface area contributed by atoms with Crippen molar-refractivity contribution in [3.8, 4) is 23.3 Å². The molecule has 2 unspecified atom stereocenters. The molecule has 3 rings (SSSR count). The van der Waals surface area contributed by atoms with Crippen LogP contribution in [0.25, 0.3) is 11.1 Å². The van der Waals surface area contributed by atoms with Crippen molar-refractivity contribution in [2.75, 3.05) is 0 Å². The first-order valence-electron chi connectivity index (χ1n) is 9.11. The van der Waals surface area contributed by atoms with E-state index >= 15 is 0 Å². The fraction of sp³-hybridized carbons (Fsp3) is 0.391. The van der Waals surface area contributed by atoms with E-state index in [2.05, 4.69) is 60.7 Å². The predicted molar refractivity (Wildman–Crippen MR) is 101 cm³/mol. The largest absolute Gasteiger partial charge is 0.198 e. The fourth-order valence-electron chi connectivity index (χ4n) is 4.13. The quantitative estimate of drug-likeness (QED) is 0.669. The summed E-state index contributed by atoms with van der Waals surface area (Å²) in [5, 5.41) is 18.5. The summed E-state index contributed by atoms with van der Waals surface area (Å²) in [5.41, 5.74) is 5.28. The molecule has 0 spiro atoms. The van der Waals surface area contributed by atoms with Crippen LogP contribution in [-0.2, 0) is 5.41 Å². The summed E-state index contributed by atoms with van der Waals surface area (Å²) in [5.74, 6) is 0.0929. The Morgan fingerprint density at radius 2 is 1.16 bits per heavy atom. The second-order valence-corrected chi connectivity index (χ2v) is 7.31. The Labute approximate surface area is 150 Å². The van der Waals surface area contributed by atoms with Crippen LogP contribution < -0.4 is 0 Å². The van der Waals surface area contributed by atoms with E-state index in [0.717, 1.165) is 25.7 Å². The normalized spacial score (nSPS) is 16.2. The van der Waals surface area contributed by atoms with Crippen LogP contribution in [0.2, 0.25) is 0 Å². The van der Waals surface area contributed by atoms with E-state index in [1.54, 1.807) is 0 Å². The van der Waals surface area contributed by atoms with Crippen LogP contribution in [0.1, 0.15) is 50.7 Å². The number of hydrogen-bond acceptors (Lipinski definition) is 2. The van der Waals surface area contributed by atoms with E-state index in [1.807, 2.05) is 13.8 Å². The SMILES string of the molecule is CC(C#N)CCC1(CCC(C)C#N)c2ccccc2-c2ccccc21. The molecule has 0 N–H and O–H groups in total. The van der Waals surface area contributed by atoms with Gasteiger partial charge in [-0.2, -0.15) is 10.5 Å². The lowest BCUT2D eigenvalue weighted by Gasteiger charge is -2.33. The average Bonchev–Trinajstić information content (AvgIpc) is 2.95. The van der Waals surface area contributed by atoms with Crippen molar-refractivity contribution in [3.63, 3.8) is 0 Å². The minimum absolute atomic E-state index is 0.0465. The molecule has 0 aromatic heterocycles. The van der Waals surface area contributed by atoms with Gasteiger partial charge in [-0.25, -0.2) is 0 Å². The Balaban J connectivity index is 2.09. The van der Waals surface area contributed by atoms with Gasteiger partial charge in [0.2, 0.25) is 0 Å². The summed E-state index contributed by atoms with van der Waals surface area (Å²) >= 11 is 0. The van der Waals surface area contributed by atoms with E-state index in [1.165, 1.54) is 22.3 Å². The molecule has 2 nitrogen and oxygen atoms in total. The third-order valence-electron chi connectivity index (χ3n) is 5.62. The highest BCUT2D eigenvalue weighted by Gasteiger charge is 2.42. The van der Waals surface area contributed by atoms with Gasteiger partial charge in [0.05, 0.1) is 12.1 Å². The van der Waals surface area contributed by atoms with E-state index in [-0.39, 0.29) is 17.3 Å². The molecule has 1 aliphatic rings. The zero-order valence-corrected chi connectivity index (χ0v) is 15.0. The number of benzene rings is 2. The molecule has 0 fully saturated rings. The van der Waals surface area contributed by atoms with Crippen molar-refractivity contribution in [3.05, 3.63) is 59.7 Å². The van der Waals surface area contributed by atoms with Gasteiger partial charge in [-0.3, -0.25) is 0 Å². The summed E-state index contributed by atoms with van der Waals surface area (Å²) in [6.07, 6.45) is 3.65. The van der Waals surface area contributed by atoms with E-state index in [9.17, 15) is 10.5 Å². The molecule has 2 atom stereocenters. The van der Waals surface area contributed by atoms with Crippen LogP contribution in [0.15, 0.2) is 48.5 Å². The van der Waals surface area contributed by atoms with Crippen LogP contribution >= 0.6 is 0 Å². The maximum absolute atomic E-state index is 9.25. The van der Waals surface area contributed by atoms with Crippen LogP contribution in [0.4, 0.5) is 0 Å². The molecule has 0 radical (unpaired) electrons. The summed E-state index contributed by atoms with van der Waals surface area (Å²) in [6, 6.07) is 22.1. The van der Waals surface area contributed by atoms with Crippen LogP contribution in [0, 0.1) is 34.5 Å². The molecule has 25 heavy (non-hydrogen) atoms. The molecule has 0 bridgehead atoms. The number of nitriles is 2. The molecule has 0 amide bonds. The van der Waals surface area contributed by atoms with Crippen molar-refractivity contribution in [2.24, 2.45) is 11.8 Å². The third kappa shape index (κ3) is 3.06. The first-order chi connectivity index (χ1) is 12.1. The number of hydrogen-bond donors (Lipinski definition) is 0. The van der Waals surface area contributed by atoms with Crippen molar-refractivity contribution >= 4 is 0 Å². The van der Waals surface area contributed by atoms with Gasteiger partial charge in [-0.05, 0) is 61.8 Å². The van der Waals surface area contributed by atoms with Crippen LogP contribution in [0.5, 0.6) is 0 Å². The van der Waals surface area contributed by atoms with Crippen molar-refractivity contribution in [2.45, 2.75) is 44.9 Å². The molecular weight excluding hydrogens is 304 g/mol. The monoisotopic (exact) mass is 328 g/mol. The molecule has 0 saturated carbocycles. The first-order valence-corrected chi connectivity index (χ1v) is 9.11. The number of fused-ring (bicyclic) bond motifs is 3. The van der Waals surface area contributed by atoms with Gasteiger partial charge in [-0.15, -0.1) is 0 Å². The van der Waals surface area contributed by atoms with E-state index in [4.69, 9.17) is 0 Å². The summed E-state index contributed by atoms with van der Waals surface area (Å²) in [6.45, 7) is 4.00. The second kappa shape index (κ2) is 7.12. The lowest BCUT2D eigenvalue weighted by atomic mass is 9.69. The van der Waals surface area contributed by atoms with Crippen molar-refractivity contribution in [1.29, 1.82) is 10.5 Å². The predicted octanol–water partition coefficient (Wildman–Crippen LogP) is 5.83. The van der Waals surface area contributed by atoms with Gasteiger partial charge in [0.1, 0.15) is 0 Å².